The quantitative estimate of drug-likeness (QED) is 0.771. The van der Waals surface area contributed by atoms with Crippen molar-refractivity contribution in [2.75, 3.05) is 32.7 Å². The highest BCUT2D eigenvalue weighted by Crippen LogP contribution is 2.18. The lowest BCUT2D eigenvalue weighted by molar-refractivity contribution is -0.131. The Bertz CT molecular complexity index is 616. The van der Waals surface area contributed by atoms with E-state index in [4.69, 9.17) is 0 Å². The van der Waals surface area contributed by atoms with Crippen molar-refractivity contribution in [1.82, 2.24) is 14.8 Å². The van der Waals surface area contributed by atoms with Crippen molar-refractivity contribution >= 4 is 16.8 Å². The van der Waals surface area contributed by atoms with Crippen LogP contribution < -0.4 is 0 Å². The van der Waals surface area contributed by atoms with Gasteiger partial charge in [-0.15, -0.1) is 0 Å². The first-order valence-electron chi connectivity index (χ1n) is 8.74. The van der Waals surface area contributed by atoms with Crippen molar-refractivity contribution in [1.29, 1.82) is 0 Å². The van der Waals surface area contributed by atoms with E-state index in [1.165, 1.54) is 16.5 Å². The molecule has 1 amide bonds. The molecule has 0 radical (unpaired) electrons. The summed E-state index contributed by atoms with van der Waals surface area (Å²) in [6, 6.07) is 8.42. The highest BCUT2D eigenvalue weighted by Gasteiger charge is 2.12. The van der Waals surface area contributed by atoms with Gasteiger partial charge in [0.05, 0.1) is 0 Å². The maximum Gasteiger partial charge on any atom is 0.223 e. The molecule has 0 unspecified atom stereocenters. The molecule has 1 aromatic carbocycles. The molecule has 2 rings (SSSR count). The van der Waals surface area contributed by atoms with Crippen molar-refractivity contribution in [2.24, 2.45) is 0 Å². The Labute approximate surface area is 139 Å². The fourth-order valence-electron chi connectivity index (χ4n) is 3.03. The van der Waals surface area contributed by atoms with E-state index >= 15 is 0 Å². The Morgan fingerprint density at radius 3 is 2.48 bits per heavy atom. The Balaban J connectivity index is 1.86. The molecular formula is C19H29N3O. The number of likely N-dealkylation sites (N-methyl/N-ethyl adjacent to an activating group) is 1. The lowest BCUT2D eigenvalue weighted by Crippen LogP contribution is -2.35. The minimum Gasteiger partial charge on any atom is -0.361 e. The van der Waals surface area contributed by atoms with Gasteiger partial charge in [-0.05, 0) is 38.4 Å². The zero-order valence-electron chi connectivity index (χ0n) is 14.6. The number of hydrogen-bond donors (Lipinski definition) is 1. The van der Waals surface area contributed by atoms with Gasteiger partial charge in [0.25, 0.3) is 0 Å². The molecule has 0 spiro atoms. The number of benzene rings is 1. The van der Waals surface area contributed by atoms with Crippen LogP contribution >= 0.6 is 0 Å². The molecule has 0 atom stereocenters. The van der Waals surface area contributed by atoms with E-state index in [9.17, 15) is 4.79 Å². The third-order valence-corrected chi connectivity index (χ3v) is 4.58. The third-order valence-electron chi connectivity index (χ3n) is 4.58. The van der Waals surface area contributed by atoms with E-state index < -0.39 is 0 Å². The van der Waals surface area contributed by atoms with Crippen LogP contribution in [0.15, 0.2) is 30.5 Å². The lowest BCUT2D eigenvalue weighted by Gasteiger charge is -2.23. The monoisotopic (exact) mass is 315 g/mol. The van der Waals surface area contributed by atoms with Gasteiger partial charge in [0.1, 0.15) is 0 Å². The Hall–Kier alpha value is -1.81. The average molecular weight is 315 g/mol. The number of nitrogens with zero attached hydrogens (tertiary/aromatic N) is 2. The lowest BCUT2D eigenvalue weighted by atomic mass is 10.1. The van der Waals surface area contributed by atoms with E-state index in [1.54, 1.807) is 0 Å². The van der Waals surface area contributed by atoms with E-state index in [0.717, 1.165) is 39.1 Å². The van der Waals surface area contributed by atoms with Crippen molar-refractivity contribution < 1.29 is 4.79 Å². The summed E-state index contributed by atoms with van der Waals surface area (Å²) >= 11 is 0. The largest absolute Gasteiger partial charge is 0.361 e. The van der Waals surface area contributed by atoms with E-state index in [2.05, 4.69) is 47.3 Å². The molecule has 2 aromatic rings. The second-order valence-corrected chi connectivity index (χ2v) is 5.86. The van der Waals surface area contributed by atoms with Gasteiger partial charge in [-0.3, -0.25) is 4.79 Å². The molecule has 0 aliphatic rings. The first-order chi connectivity index (χ1) is 11.2. The molecule has 23 heavy (non-hydrogen) atoms. The molecule has 0 saturated heterocycles. The van der Waals surface area contributed by atoms with Crippen LogP contribution in [0.1, 0.15) is 32.8 Å². The minimum atomic E-state index is 0.264. The van der Waals surface area contributed by atoms with Crippen LogP contribution in [0.25, 0.3) is 10.9 Å². The molecule has 4 heteroatoms. The number of hydrogen-bond acceptors (Lipinski definition) is 2. The number of carbonyl (C=O) groups is 1. The summed E-state index contributed by atoms with van der Waals surface area (Å²) in [4.78, 5) is 19.7. The van der Waals surface area contributed by atoms with E-state index in [0.29, 0.717) is 6.42 Å². The number of aromatic nitrogens is 1. The van der Waals surface area contributed by atoms with Crippen LogP contribution in [-0.2, 0) is 11.2 Å². The highest BCUT2D eigenvalue weighted by molar-refractivity contribution is 5.83. The molecule has 0 bridgehead atoms. The number of carbonyl (C=O) groups excluding carboxylic acids is 1. The first-order valence-corrected chi connectivity index (χ1v) is 8.74. The molecule has 0 fully saturated rings. The van der Waals surface area contributed by atoms with Crippen LogP contribution in [0.3, 0.4) is 0 Å². The van der Waals surface area contributed by atoms with Gasteiger partial charge >= 0.3 is 0 Å². The minimum absolute atomic E-state index is 0.264. The van der Waals surface area contributed by atoms with Gasteiger partial charge in [-0.1, -0.05) is 25.1 Å². The first kappa shape index (κ1) is 17.5. The van der Waals surface area contributed by atoms with E-state index in [1.807, 2.05) is 18.7 Å². The van der Waals surface area contributed by atoms with Gasteiger partial charge in [0.15, 0.2) is 0 Å². The molecule has 4 nitrogen and oxygen atoms in total. The number of aromatic amines is 1. The molecule has 1 aromatic heterocycles. The maximum atomic E-state index is 12.1. The van der Waals surface area contributed by atoms with Crippen LogP contribution in [0, 0.1) is 0 Å². The summed E-state index contributed by atoms with van der Waals surface area (Å²) in [6.07, 6.45) is 3.74. The molecule has 126 valence electrons. The Morgan fingerprint density at radius 2 is 1.78 bits per heavy atom. The zero-order valence-corrected chi connectivity index (χ0v) is 14.6. The topological polar surface area (TPSA) is 39.3 Å². The maximum absolute atomic E-state index is 12.1. The number of rotatable bonds is 9. The summed E-state index contributed by atoms with van der Waals surface area (Å²) < 4.78 is 0. The van der Waals surface area contributed by atoms with Crippen molar-refractivity contribution in [2.45, 2.75) is 33.6 Å². The highest BCUT2D eigenvalue weighted by atomic mass is 16.2. The van der Waals surface area contributed by atoms with Crippen LogP contribution in [0.4, 0.5) is 0 Å². The molecule has 0 aliphatic carbocycles. The second-order valence-electron chi connectivity index (χ2n) is 5.86. The Kier molecular flexibility index (Phi) is 6.66. The summed E-state index contributed by atoms with van der Waals surface area (Å²) in [7, 11) is 0. The SMILES string of the molecule is CCN(CCC(=O)N(CC)CC)CCc1c[nH]c2ccccc12. The van der Waals surface area contributed by atoms with Crippen molar-refractivity contribution in [3.05, 3.63) is 36.0 Å². The van der Waals surface area contributed by atoms with Gasteiger partial charge < -0.3 is 14.8 Å². The molecule has 1 N–H and O–H groups in total. The molecule has 1 heterocycles. The molecule has 0 aliphatic heterocycles. The van der Waals surface area contributed by atoms with Crippen LogP contribution in [0.2, 0.25) is 0 Å². The van der Waals surface area contributed by atoms with Crippen molar-refractivity contribution in [3.8, 4) is 0 Å². The third kappa shape index (κ3) is 4.58. The number of para-hydroxylation sites is 1. The normalized spacial score (nSPS) is 11.3. The summed E-state index contributed by atoms with van der Waals surface area (Å²) in [6.45, 7) is 10.7. The number of H-pyrrole nitrogens is 1. The van der Waals surface area contributed by atoms with Gasteiger partial charge in [-0.2, -0.15) is 0 Å². The van der Waals surface area contributed by atoms with Gasteiger partial charge in [0, 0.05) is 49.7 Å². The Morgan fingerprint density at radius 1 is 1.04 bits per heavy atom. The standard InChI is InChI=1S/C19H29N3O/c1-4-21(14-12-19(23)22(5-2)6-3)13-11-16-15-20-18-10-8-7-9-17(16)18/h7-10,15,20H,4-6,11-14H2,1-3H3. The summed E-state index contributed by atoms with van der Waals surface area (Å²) in [5.74, 6) is 0.264. The number of fused-ring (bicyclic) bond motifs is 1. The fraction of sp³-hybridized carbons (Fsp3) is 0.526. The number of amides is 1. The van der Waals surface area contributed by atoms with Gasteiger partial charge in [0.2, 0.25) is 5.91 Å². The van der Waals surface area contributed by atoms with Crippen LogP contribution in [-0.4, -0.2) is 53.4 Å². The average Bonchev–Trinajstić information content (AvgIpc) is 2.99. The van der Waals surface area contributed by atoms with Crippen molar-refractivity contribution in [3.63, 3.8) is 0 Å². The number of nitrogens with one attached hydrogen (secondary N) is 1. The molecular weight excluding hydrogens is 286 g/mol. The van der Waals surface area contributed by atoms with Crippen LogP contribution in [0.5, 0.6) is 0 Å². The smallest absolute Gasteiger partial charge is 0.223 e. The molecule has 0 saturated carbocycles. The zero-order chi connectivity index (χ0) is 16.7. The van der Waals surface area contributed by atoms with Gasteiger partial charge in [-0.25, -0.2) is 0 Å². The summed E-state index contributed by atoms with van der Waals surface area (Å²) in [5, 5.41) is 1.31. The second kappa shape index (κ2) is 8.73. The predicted octanol–water partition coefficient (Wildman–Crippen LogP) is 3.29. The fourth-order valence-corrected chi connectivity index (χ4v) is 3.03. The summed E-state index contributed by atoms with van der Waals surface area (Å²) in [5.41, 5.74) is 2.55. The van der Waals surface area contributed by atoms with E-state index in [-0.39, 0.29) is 5.91 Å². The predicted molar refractivity (Wildman–Crippen MR) is 96.7 cm³/mol.